The highest BCUT2D eigenvalue weighted by Gasteiger charge is 2.49. The summed E-state index contributed by atoms with van der Waals surface area (Å²) in [6, 6.07) is 0. The first-order chi connectivity index (χ1) is 9.46. The van der Waals surface area contributed by atoms with Crippen LogP contribution >= 0.6 is 0 Å². The van der Waals surface area contributed by atoms with Crippen LogP contribution in [0.5, 0.6) is 0 Å². The number of rotatable bonds is 8. The molecule has 0 spiro atoms. The molecule has 1 N–H and O–H groups in total. The van der Waals surface area contributed by atoms with Gasteiger partial charge in [0.1, 0.15) is 0 Å². The molecular formula is C15H33NO3Si2. The van der Waals surface area contributed by atoms with Gasteiger partial charge in [-0.2, -0.15) is 0 Å². The van der Waals surface area contributed by atoms with Crippen molar-refractivity contribution >= 4 is 28.0 Å². The van der Waals surface area contributed by atoms with Gasteiger partial charge in [-0.1, -0.05) is 52.6 Å². The van der Waals surface area contributed by atoms with Gasteiger partial charge in [0.25, 0.3) is 0 Å². The monoisotopic (exact) mass is 331 g/mol. The van der Waals surface area contributed by atoms with Gasteiger partial charge >= 0.3 is 5.97 Å². The Balaban J connectivity index is 5.46. The molecule has 0 saturated carbocycles. The molecule has 1 amide bonds. The van der Waals surface area contributed by atoms with E-state index in [0.717, 1.165) is 12.8 Å². The number of unbranched alkanes of at least 4 members (excludes halogenated alkanes) is 1. The molecule has 2 unspecified atom stereocenters. The van der Waals surface area contributed by atoms with Crippen molar-refractivity contribution in [1.82, 2.24) is 5.32 Å². The number of ether oxygens (including phenoxy) is 1. The Hall–Kier alpha value is -0.626. The van der Waals surface area contributed by atoms with Crippen LogP contribution in [0.3, 0.4) is 0 Å². The largest absolute Gasteiger partial charge is 0.469 e. The SMILES string of the molecule is CCCCNC(=O)C(C(C(=O)OC)[Si](C)(C)C)[Si](C)(C)C. The summed E-state index contributed by atoms with van der Waals surface area (Å²) in [4.78, 5) is 25.0. The fraction of sp³-hybridized carbons (Fsp3) is 0.867. The number of esters is 1. The summed E-state index contributed by atoms with van der Waals surface area (Å²) in [5.41, 5.74) is -0.482. The second-order valence-electron chi connectivity index (χ2n) is 7.86. The quantitative estimate of drug-likeness (QED) is 0.421. The van der Waals surface area contributed by atoms with E-state index in [1.807, 2.05) is 0 Å². The normalized spacial score (nSPS) is 15.2. The third kappa shape index (κ3) is 6.34. The number of hydrogen-bond acceptors (Lipinski definition) is 3. The molecule has 0 aromatic rings. The molecule has 0 bridgehead atoms. The zero-order valence-corrected chi connectivity index (χ0v) is 17.0. The van der Waals surface area contributed by atoms with E-state index in [0.29, 0.717) is 6.54 Å². The van der Waals surface area contributed by atoms with E-state index in [1.54, 1.807) is 0 Å². The summed E-state index contributed by atoms with van der Waals surface area (Å²) < 4.78 is 5.03. The Bertz CT molecular complexity index is 359. The number of carbonyl (C=O) groups is 2. The maximum Gasteiger partial charge on any atom is 0.306 e. The van der Waals surface area contributed by atoms with Gasteiger partial charge in [0.2, 0.25) is 5.91 Å². The molecule has 6 heteroatoms. The molecule has 0 aromatic carbocycles. The van der Waals surface area contributed by atoms with Crippen molar-refractivity contribution in [3.05, 3.63) is 0 Å². The highest BCUT2D eigenvalue weighted by atomic mass is 28.3. The van der Waals surface area contributed by atoms with E-state index in [9.17, 15) is 9.59 Å². The van der Waals surface area contributed by atoms with E-state index >= 15 is 0 Å². The zero-order valence-electron chi connectivity index (χ0n) is 15.0. The van der Waals surface area contributed by atoms with Crippen LogP contribution in [0.15, 0.2) is 0 Å². The van der Waals surface area contributed by atoms with Crippen LogP contribution in [0.1, 0.15) is 19.8 Å². The first-order valence-electron chi connectivity index (χ1n) is 7.82. The van der Waals surface area contributed by atoms with Crippen LogP contribution in [-0.2, 0) is 14.3 Å². The minimum atomic E-state index is -1.85. The van der Waals surface area contributed by atoms with Gasteiger partial charge in [0.05, 0.1) is 28.8 Å². The minimum Gasteiger partial charge on any atom is -0.469 e. The molecule has 0 aliphatic rings. The standard InChI is InChI=1S/C15H33NO3Si2/c1-9-10-11-16-14(17)12(20(3,4)5)13(15(18)19-2)21(6,7)8/h12-13H,9-11H2,1-8H3,(H,16,17). The molecule has 124 valence electrons. The molecule has 0 rings (SSSR count). The van der Waals surface area contributed by atoms with Gasteiger partial charge in [-0.25, -0.2) is 0 Å². The summed E-state index contributed by atoms with van der Waals surface area (Å²) in [7, 11) is -2.27. The Morgan fingerprint density at radius 3 is 1.81 bits per heavy atom. The van der Waals surface area contributed by atoms with Crippen LogP contribution in [0.25, 0.3) is 0 Å². The lowest BCUT2D eigenvalue weighted by molar-refractivity contribution is -0.142. The smallest absolute Gasteiger partial charge is 0.306 e. The summed E-state index contributed by atoms with van der Waals surface area (Å²) in [5, 5.41) is 3.03. The van der Waals surface area contributed by atoms with Crippen molar-refractivity contribution in [2.75, 3.05) is 13.7 Å². The number of amides is 1. The van der Waals surface area contributed by atoms with Crippen molar-refractivity contribution in [3.63, 3.8) is 0 Å². The van der Waals surface area contributed by atoms with Gasteiger partial charge in [-0.15, -0.1) is 0 Å². The highest BCUT2D eigenvalue weighted by Crippen LogP contribution is 2.42. The second-order valence-corrected chi connectivity index (χ2v) is 18.6. The lowest BCUT2D eigenvalue weighted by Gasteiger charge is -2.39. The van der Waals surface area contributed by atoms with Crippen molar-refractivity contribution in [2.24, 2.45) is 0 Å². The van der Waals surface area contributed by atoms with E-state index < -0.39 is 16.1 Å². The van der Waals surface area contributed by atoms with Crippen molar-refractivity contribution in [2.45, 2.75) is 70.1 Å². The van der Waals surface area contributed by atoms with Gasteiger partial charge in [-0.3, -0.25) is 9.59 Å². The lowest BCUT2D eigenvalue weighted by Crippen LogP contribution is -2.50. The minimum absolute atomic E-state index is 0.0421. The van der Waals surface area contributed by atoms with Crippen molar-refractivity contribution < 1.29 is 14.3 Å². The van der Waals surface area contributed by atoms with E-state index in [4.69, 9.17) is 4.74 Å². The van der Waals surface area contributed by atoms with E-state index in [1.165, 1.54) is 7.11 Å². The molecule has 0 heterocycles. The molecule has 0 radical (unpaired) electrons. The summed E-state index contributed by atoms with van der Waals surface area (Å²) in [6.07, 6.45) is 2.02. The molecule has 0 aromatic heterocycles. The topological polar surface area (TPSA) is 55.4 Å². The summed E-state index contributed by atoms with van der Waals surface area (Å²) in [5.74, 6) is -0.173. The molecule has 4 nitrogen and oxygen atoms in total. The zero-order chi connectivity index (χ0) is 16.8. The second kappa shape index (κ2) is 8.12. The van der Waals surface area contributed by atoms with Crippen molar-refractivity contribution in [3.8, 4) is 0 Å². The van der Waals surface area contributed by atoms with Crippen molar-refractivity contribution in [1.29, 1.82) is 0 Å². The Labute approximate surface area is 132 Å². The average Bonchev–Trinajstić information content (AvgIpc) is 2.32. The predicted octanol–water partition coefficient (Wildman–Crippen LogP) is 3.49. The predicted molar refractivity (Wildman–Crippen MR) is 94.1 cm³/mol. The number of hydrogen-bond donors (Lipinski definition) is 1. The first kappa shape index (κ1) is 20.4. The average molecular weight is 332 g/mol. The van der Waals surface area contributed by atoms with Crippen LogP contribution in [0.2, 0.25) is 50.4 Å². The third-order valence-corrected chi connectivity index (χ3v) is 9.00. The number of methoxy groups -OCH3 is 1. The fourth-order valence-electron chi connectivity index (χ4n) is 2.66. The Kier molecular flexibility index (Phi) is 7.88. The van der Waals surface area contributed by atoms with Gasteiger partial charge in [0.15, 0.2) is 0 Å². The van der Waals surface area contributed by atoms with Crippen LogP contribution in [0.4, 0.5) is 0 Å². The van der Waals surface area contributed by atoms with Crippen LogP contribution < -0.4 is 5.32 Å². The van der Waals surface area contributed by atoms with Gasteiger partial charge in [-0.05, 0) is 6.42 Å². The first-order valence-corrected chi connectivity index (χ1v) is 15.0. The third-order valence-electron chi connectivity index (χ3n) is 3.77. The fourth-order valence-corrected chi connectivity index (χ4v) is 9.66. The summed E-state index contributed by atoms with van der Waals surface area (Å²) >= 11 is 0. The number of carbonyl (C=O) groups excluding carboxylic acids is 2. The van der Waals surface area contributed by atoms with E-state index in [2.05, 4.69) is 51.5 Å². The summed E-state index contributed by atoms with van der Waals surface area (Å²) in [6.45, 7) is 15.7. The lowest BCUT2D eigenvalue weighted by atomic mass is 10.2. The highest BCUT2D eigenvalue weighted by molar-refractivity contribution is 6.87. The van der Waals surface area contributed by atoms with Gasteiger partial charge < -0.3 is 10.1 Å². The maximum absolute atomic E-state index is 12.7. The van der Waals surface area contributed by atoms with Crippen LogP contribution in [0, 0.1) is 0 Å². The molecule has 0 saturated heterocycles. The molecule has 2 atom stereocenters. The van der Waals surface area contributed by atoms with Gasteiger partial charge in [0, 0.05) is 12.1 Å². The Morgan fingerprint density at radius 2 is 1.48 bits per heavy atom. The molecule has 0 aliphatic heterocycles. The maximum atomic E-state index is 12.7. The van der Waals surface area contributed by atoms with E-state index in [-0.39, 0.29) is 23.0 Å². The molecular weight excluding hydrogens is 298 g/mol. The molecule has 0 fully saturated rings. The Morgan fingerprint density at radius 1 is 1.00 bits per heavy atom. The van der Waals surface area contributed by atoms with Crippen LogP contribution in [-0.4, -0.2) is 41.7 Å². The molecule has 0 aliphatic carbocycles. The molecule has 21 heavy (non-hydrogen) atoms. The number of nitrogens with one attached hydrogen (secondary N) is 1.